The third-order valence-electron chi connectivity index (χ3n) is 2.33. The van der Waals surface area contributed by atoms with E-state index in [1.165, 1.54) is 12.1 Å². The van der Waals surface area contributed by atoms with Crippen LogP contribution in [0.4, 0.5) is 8.78 Å². The Bertz CT molecular complexity index is 569. The molecule has 0 unspecified atom stereocenters. The molecule has 2 rings (SSSR count). The number of hydrogen-bond donors (Lipinski definition) is 2. The smallest absolute Gasteiger partial charge is 0.204 e. The van der Waals surface area contributed by atoms with E-state index in [0.717, 1.165) is 16.7 Å². The zero-order valence-corrected chi connectivity index (χ0v) is 9.25. The molecule has 0 aliphatic heterocycles. The Labute approximate surface area is 100 Å². The van der Waals surface area contributed by atoms with Gasteiger partial charge < -0.3 is 10.2 Å². The highest BCUT2D eigenvalue weighted by Gasteiger charge is 2.17. The zero-order valence-electron chi connectivity index (χ0n) is 8.49. The molecule has 17 heavy (non-hydrogen) atoms. The molecule has 0 aliphatic rings. The highest BCUT2D eigenvalue weighted by Crippen LogP contribution is 2.33. The van der Waals surface area contributed by atoms with Crippen LogP contribution in [0.2, 0.25) is 5.02 Å². The first-order chi connectivity index (χ1) is 8.04. The Kier molecular flexibility index (Phi) is 2.93. The Morgan fingerprint density at radius 2 is 1.94 bits per heavy atom. The van der Waals surface area contributed by atoms with Crippen molar-refractivity contribution in [3.63, 3.8) is 0 Å². The van der Waals surface area contributed by atoms with Crippen LogP contribution in [0.1, 0.15) is 5.56 Å². The second-order valence-electron chi connectivity index (χ2n) is 3.42. The number of alkyl halides is 1. The van der Waals surface area contributed by atoms with Crippen LogP contribution in [-0.4, -0.2) is 14.8 Å². The summed E-state index contributed by atoms with van der Waals surface area (Å²) in [6.07, 6.45) is 0. The van der Waals surface area contributed by atoms with Gasteiger partial charge in [0.05, 0.1) is 5.69 Å². The maximum absolute atomic E-state index is 13.6. The number of benzene rings is 1. The molecule has 6 heteroatoms. The minimum atomic E-state index is -0.957. The molecule has 0 radical (unpaired) electrons. The second kappa shape index (κ2) is 4.25. The summed E-state index contributed by atoms with van der Waals surface area (Å²) in [4.78, 5) is 0. The molecular formula is C11H8ClF2NO2. The van der Waals surface area contributed by atoms with E-state index in [0.29, 0.717) is 0 Å². The van der Waals surface area contributed by atoms with Gasteiger partial charge in [-0.15, -0.1) is 0 Å². The van der Waals surface area contributed by atoms with Crippen molar-refractivity contribution in [2.75, 3.05) is 0 Å². The topological polar surface area (TPSA) is 45.4 Å². The van der Waals surface area contributed by atoms with Crippen LogP contribution in [0.3, 0.4) is 0 Å². The fraction of sp³-hybridized carbons (Fsp3) is 0.0909. The van der Waals surface area contributed by atoms with Crippen LogP contribution in [0, 0.1) is 5.82 Å². The third kappa shape index (κ3) is 1.93. The molecule has 2 N–H and O–H groups in total. The molecule has 1 aromatic carbocycles. The summed E-state index contributed by atoms with van der Waals surface area (Å²) in [6, 6.07) is 4.74. The minimum absolute atomic E-state index is 0.107. The Morgan fingerprint density at radius 1 is 1.24 bits per heavy atom. The molecular weight excluding hydrogens is 252 g/mol. The molecule has 0 spiro atoms. The molecule has 90 valence electrons. The van der Waals surface area contributed by atoms with Crippen LogP contribution in [0.25, 0.3) is 5.69 Å². The lowest BCUT2D eigenvalue weighted by Gasteiger charge is -2.08. The van der Waals surface area contributed by atoms with E-state index < -0.39 is 24.3 Å². The summed E-state index contributed by atoms with van der Waals surface area (Å²) in [6.45, 7) is -0.957. The summed E-state index contributed by atoms with van der Waals surface area (Å²) in [5.74, 6) is -1.72. The Balaban J connectivity index is 2.64. The van der Waals surface area contributed by atoms with Crippen molar-refractivity contribution >= 4 is 11.6 Å². The standard InChI is InChI=1S/C11H8ClF2NO2/c12-7-1-2-9(8(14)4-7)15-10(16)3-6(5-13)11(15)17/h1-4,16-17H,5H2. The van der Waals surface area contributed by atoms with Crippen molar-refractivity contribution in [3.8, 4) is 17.4 Å². The van der Waals surface area contributed by atoms with Crippen molar-refractivity contribution < 1.29 is 19.0 Å². The molecule has 1 aromatic heterocycles. The number of halogens is 3. The van der Waals surface area contributed by atoms with Crippen LogP contribution in [-0.2, 0) is 6.67 Å². The normalized spacial score (nSPS) is 10.8. The Morgan fingerprint density at radius 3 is 2.47 bits per heavy atom. The summed E-state index contributed by atoms with van der Waals surface area (Å²) < 4.78 is 26.9. The van der Waals surface area contributed by atoms with Gasteiger partial charge in [0.1, 0.15) is 12.5 Å². The van der Waals surface area contributed by atoms with E-state index in [2.05, 4.69) is 0 Å². The largest absolute Gasteiger partial charge is 0.494 e. The van der Waals surface area contributed by atoms with Crippen molar-refractivity contribution in [2.24, 2.45) is 0 Å². The third-order valence-corrected chi connectivity index (χ3v) is 2.56. The first-order valence-electron chi connectivity index (χ1n) is 4.68. The molecule has 0 aliphatic carbocycles. The second-order valence-corrected chi connectivity index (χ2v) is 3.85. The van der Waals surface area contributed by atoms with Crippen LogP contribution >= 0.6 is 11.6 Å². The molecule has 0 saturated carbocycles. The molecule has 0 bridgehead atoms. The number of aromatic nitrogens is 1. The lowest BCUT2D eigenvalue weighted by molar-refractivity contribution is 0.390. The van der Waals surface area contributed by atoms with E-state index in [-0.39, 0.29) is 16.3 Å². The lowest BCUT2D eigenvalue weighted by atomic mass is 10.3. The highest BCUT2D eigenvalue weighted by atomic mass is 35.5. The average molecular weight is 260 g/mol. The zero-order chi connectivity index (χ0) is 12.6. The van der Waals surface area contributed by atoms with Gasteiger partial charge >= 0.3 is 0 Å². The number of nitrogens with zero attached hydrogens (tertiary/aromatic N) is 1. The van der Waals surface area contributed by atoms with Crippen molar-refractivity contribution in [3.05, 3.63) is 40.7 Å². The van der Waals surface area contributed by atoms with Gasteiger partial charge in [-0.05, 0) is 18.2 Å². The van der Waals surface area contributed by atoms with E-state index in [9.17, 15) is 19.0 Å². The van der Waals surface area contributed by atoms with Crippen molar-refractivity contribution in [2.45, 2.75) is 6.67 Å². The molecule has 1 heterocycles. The first-order valence-corrected chi connectivity index (χ1v) is 5.06. The molecule has 2 aromatic rings. The molecule has 0 amide bonds. The lowest BCUT2D eigenvalue weighted by Crippen LogP contribution is -1.96. The van der Waals surface area contributed by atoms with Gasteiger partial charge in [0.2, 0.25) is 5.88 Å². The van der Waals surface area contributed by atoms with Gasteiger partial charge in [0, 0.05) is 16.7 Å². The van der Waals surface area contributed by atoms with Gasteiger partial charge in [-0.25, -0.2) is 13.3 Å². The maximum Gasteiger partial charge on any atom is 0.204 e. The van der Waals surface area contributed by atoms with E-state index in [1.807, 2.05) is 0 Å². The summed E-state index contributed by atoms with van der Waals surface area (Å²) >= 11 is 5.58. The van der Waals surface area contributed by atoms with Crippen molar-refractivity contribution in [1.29, 1.82) is 0 Å². The fourth-order valence-corrected chi connectivity index (χ4v) is 1.69. The molecule has 0 saturated heterocycles. The monoisotopic (exact) mass is 259 g/mol. The Hall–Kier alpha value is -1.75. The highest BCUT2D eigenvalue weighted by molar-refractivity contribution is 6.30. The van der Waals surface area contributed by atoms with Crippen molar-refractivity contribution in [1.82, 2.24) is 4.57 Å². The minimum Gasteiger partial charge on any atom is -0.494 e. The van der Waals surface area contributed by atoms with Gasteiger partial charge in [-0.2, -0.15) is 0 Å². The predicted octanol–water partition coefficient (Wildman–Crippen LogP) is 3.15. The number of hydrogen-bond acceptors (Lipinski definition) is 2. The van der Waals surface area contributed by atoms with Gasteiger partial charge in [-0.3, -0.25) is 0 Å². The number of rotatable bonds is 2. The molecule has 0 atom stereocenters. The van der Waals surface area contributed by atoms with Crippen LogP contribution in [0.15, 0.2) is 24.3 Å². The van der Waals surface area contributed by atoms with Gasteiger partial charge in [0.15, 0.2) is 5.88 Å². The molecule has 3 nitrogen and oxygen atoms in total. The van der Waals surface area contributed by atoms with E-state index in [4.69, 9.17) is 11.6 Å². The summed E-state index contributed by atoms with van der Waals surface area (Å²) in [5.41, 5.74) is -0.221. The van der Waals surface area contributed by atoms with Crippen LogP contribution in [0.5, 0.6) is 11.8 Å². The SMILES string of the molecule is Oc1cc(CF)c(O)n1-c1ccc(Cl)cc1F. The predicted molar refractivity (Wildman–Crippen MR) is 58.9 cm³/mol. The quantitative estimate of drug-likeness (QED) is 0.870. The number of aromatic hydroxyl groups is 2. The van der Waals surface area contributed by atoms with Gasteiger partial charge in [0.25, 0.3) is 0 Å². The first kappa shape index (κ1) is 11.7. The van der Waals surface area contributed by atoms with E-state index in [1.54, 1.807) is 0 Å². The summed E-state index contributed by atoms with van der Waals surface area (Å²) in [7, 11) is 0. The molecule has 0 fully saturated rings. The van der Waals surface area contributed by atoms with E-state index >= 15 is 0 Å². The average Bonchev–Trinajstić information content (AvgIpc) is 2.55. The fourth-order valence-electron chi connectivity index (χ4n) is 1.54. The van der Waals surface area contributed by atoms with Crippen LogP contribution < -0.4 is 0 Å². The maximum atomic E-state index is 13.6. The van der Waals surface area contributed by atoms with Gasteiger partial charge in [-0.1, -0.05) is 11.6 Å². The summed E-state index contributed by atoms with van der Waals surface area (Å²) in [5, 5.41) is 19.3.